The van der Waals surface area contributed by atoms with Crippen LogP contribution in [0.1, 0.15) is 17.1 Å². The molecule has 5 heteroatoms. The van der Waals surface area contributed by atoms with Crippen molar-refractivity contribution in [2.75, 3.05) is 5.73 Å². The third-order valence-electron chi connectivity index (χ3n) is 3.26. The summed E-state index contributed by atoms with van der Waals surface area (Å²) >= 11 is 1.67. The summed E-state index contributed by atoms with van der Waals surface area (Å²) in [6.45, 7) is 6.02. The number of nitrogens with two attached hydrogens (primary N) is 1. The van der Waals surface area contributed by atoms with Crippen molar-refractivity contribution in [2.45, 2.75) is 20.8 Å². The normalized spacial score (nSPS) is 11.3. The molecule has 0 unspecified atom stereocenters. The van der Waals surface area contributed by atoms with Crippen LogP contribution in [0.25, 0.3) is 16.7 Å². The minimum Gasteiger partial charge on any atom is -0.383 e. The lowest BCUT2D eigenvalue weighted by molar-refractivity contribution is 1.00. The van der Waals surface area contributed by atoms with Gasteiger partial charge >= 0.3 is 0 Å². The number of hydrogen-bond acceptors (Lipinski definition) is 4. The van der Waals surface area contributed by atoms with Gasteiger partial charge in [-0.2, -0.15) is 11.3 Å². The molecule has 3 aromatic heterocycles. The first-order chi connectivity index (χ1) is 8.59. The lowest BCUT2D eigenvalue weighted by Gasteiger charge is -2.05. The Morgan fingerprint density at radius 1 is 1.22 bits per heavy atom. The molecular weight excluding hydrogens is 244 g/mol. The molecule has 0 aromatic carbocycles. The predicted octanol–water partition coefficient (Wildman–Crippen LogP) is 2.99. The number of fused-ring (bicyclic) bond motifs is 1. The number of anilines is 1. The fourth-order valence-electron chi connectivity index (χ4n) is 2.31. The summed E-state index contributed by atoms with van der Waals surface area (Å²) in [5, 5.41) is 5.14. The van der Waals surface area contributed by atoms with Gasteiger partial charge in [-0.1, -0.05) is 0 Å². The first-order valence-corrected chi connectivity index (χ1v) is 6.68. The summed E-state index contributed by atoms with van der Waals surface area (Å²) in [5.74, 6) is 1.26. The maximum atomic E-state index is 6.03. The van der Waals surface area contributed by atoms with E-state index in [1.165, 1.54) is 0 Å². The zero-order valence-electron chi connectivity index (χ0n) is 10.6. The quantitative estimate of drug-likeness (QED) is 0.730. The topological polar surface area (TPSA) is 56.7 Å². The van der Waals surface area contributed by atoms with Gasteiger partial charge in [0.1, 0.15) is 11.6 Å². The summed E-state index contributed by atoms with van der Waals surface area (Å²) in [6.07, 6.45) is 0. The monoisotopic (exact) mass is 258 g/mol. The molecule has 4 nitrogen and oxygen atoms in total. The van der Waals surface area contributed by atoms with E-state index in [9.17, 15) is 0 Å². The van der Waals surface area contributed by atoms with E-state index < -0.39 is 0 Å². The highest BCUT2D eigenvalue weighted by molar-refractivity contribution is 7.08. The van der Waals surface area contributed by atoms with Gasteiger partial charge in [0.15, 0.2) is 5.65 Å². The zero-order valence-corrected chi connectivity index (χ0v) is 11.4. The van der Waals surface area contributed by atoms with E-state index in [1.54, 1.807) is 11.3 Å². The third-order valence-corrected chi connectivity index (χ3v) is 3.93. The van der Waals surface area contributed by atoms with E-state index in [0.29, 0.717) is 11.6 Å². The molecule has 0 radical (unpaired) electrons. The van der Waals surface area contributed by atoms with Crippen molar-refractivity contribution in [1.29, 1.82) is 0 Å². The minimum atomic E-state index is 0.562. The van der Waals surface area contributed by atoms with Gasteiger partial charge in [0.2, 0.25) is 0 Å². The maximum absolute atomic E-state index is 6.03. The van der Waals surface area contributed by atoms with Crippen molar-refractivity contribution >= 4 is 28.2 Å². The van der Waals surface area contributed by atoms with Crippen LogP contribution in [0, 0.1) is 20.8 Å². The molecule has 2 N–H and O–H groups in total. The Bertz CT molecular complexity index is 725. The van der Waals surface area contributed by atoms with Gasteiger partial charge in [-0.15, -0.1) is 0 Å². The van der Waals surface area contributed by atoms with Crippen LogP contribution in [-0.2, 0) is 0 Å². The van der Waals surface area contributed by atoms with Gasteiger partial charge in [0.25, 0.3) is 0 Å². The Balaban J connectivity index is 2.49. The van der Waals surface area contributed by atoms with Crippen LogP contribution < -0.4 is 5.73 Å². The van der Waals surface area contributed by atoms with E-state index >= 15 is 0 Å². The fourth-order valence-corrected chi connectivity index (χ4v) is 2.93. The molecule has 3 rings (SSSR count). The SMILES string of the molecule is Cc1nc(N)c2c(C)c(C)n(-c3ccsc3)c2n1. The number of nitrogens with zero attached hydrogens (tertiary/aromatic N) is 3. The van der Waals surface area contributed by atoms with Gasteiger partial charge in [-0.3, -0.25) is 4.57 Å². The van der Waals surface area contributed by atoms with Crippen LogP contribution in [0.5, 0.6) is 0 Å². The molecule has 0 fully saturated rings. The van der Waals surface area contributed by atoms with Crippen molar-refractivity contribution < 1.29 is 0 Å². The number of aryl methyl sites for hydroxylation is 2. The van der Waals surface area contributed by atoms with Gasteiger partial charge in [-0.05, 0) is 37.8 Å². The van der Waals surface area contributed by atoms with Crippen LogP contribution in [0.4, 0.5) is 5.82 Å². The van der Waals surface area contributed by atoms with Crippen molar-refractivity contribution in [3.05, 3.63) is 33.9 Å². The third kappa shape index (κ3) is 1.44. The van der Waals surface area contributed by atoms with Crippen molar-refractivity contribution in [2.24, 2.45) is 0 Å². The Morgan fingerprint density at radius 2 is 2.00 bits per heavy atom. The molecule has 0 spiro atoms. The number of rotatable bonds is 1. The minimum absolute atomic E-state index is 0.562. The second-order valence-electron chi connectivity index (χ2n) is 4.38. The van der Waals surface area contributed by atoms with E-state index in [0.717, 1.165) is 28.0 Å². The van der Waals surface area contributed by atoms with Crippen LogP contribution >= 0.6 is 11.3 Å². The van der Waals surface area contributed by atoms with Gasteiger partial charge in [0.05, 0.1) is 11.1 Å². The summed E-state index contributed by atoms with van der Waals surface area (Å²) in [6, 6.07) is 2.09. The summed E-state index contributed by atoms with van der Waals surface area (Å²) < 4.78 is 2.15. The molecule has 0 atom stereocenters. The molecule has 0 aliphatic carbocycles. The highest BCUT2D eigenvalue weighted by Crippen LogP contribution is 2.30. The molecular formula is C13H14N4S. The van der Waals surface area contributed by atoms with E-state index in [2.05, 4.69) is 45.2 Å². The summed E-state index contributed by atoms with van der Waals surface area (Å²) in [4.78, 5) is 8.80. The molecule has 0 aliphatic heterocycles. The second kappa shape index (κ2) is 3.81. The average molecular weight is 258 g/mol. The van der Waals surface area contributed by atoms with Crippen LogP contribution in [0.3, 0.4) is 0 Å². The highest BCUT2D eigenvalue weighted by atomic mass is 32.1. The first kappa shape index (κ1) is 11.2. The van der Waals surface area contributed by atoms with Crippen molar-refractivity contribution in [3.63, 3.8) is 0 Å². The number of nitrogen functional groups attached to an aromatic ring is 1. The molecule has 0 bridgehead atoms. The van der Waals surface area contributed by atoms with E-state index in [4.69, 9.17) is 5.73 Å². The maximum Gasteiger partial charge on any atom is 0.150 e. The van der Waals surface area contributed by atoms with Crippen LogP contribution in [0.15, 0.2) is 16.8 Å². The number of hydrogen-bond donors (Lipinski definition) is 1. The highest BCUT2D eigenvalue weighted by Gasteiger charge is 2.17. The number of aromatic nitrogens is 3. The molecule has 0 saturated heterocycles. The van der Waals surface area contributed by atoms with Gasteiger partial charge < -0.3 is 5.73 Å². The second-order valence-corrected chi connectivity index (χ2v) is 5.16. The Morgan fingerprint density at radius 3 is 2.67 bits per heavy atom. The fraction of sp³-hybridized carbons (Fsp3) is 0.231. The Labute approximate surface area is 109 Å². The predicted molar refractivity (Wildman–Crippen MR) is 75.4 cm³/mol. The van der Waals surface area contributed by atoms with E-state index in [-0.39, 0.29) is 0 Å². The number of thiophene rings is 1. The zero-order chi connectivity index (χ0) is 12.9. The standard InChI is InChI=1S/C13H14N4S/c1-7-8(2)17(10-4-5-18-6-10)13-11(7)12(14)15-9(3)16-13/h4-6H,1-3H3,(H2,14,15,16). The van der Waals surface area contributed by atoms with Crippen molar-refractivity contribution in [3.8, 4) is 5.69 Å². The summed E-state index contributed by atoms with van der Waals surface area (Å²) in [7, 11) is 0. The first-order valence-electron chi connectivity index (χ1n) is 5.74. The lowest BCUT2D eigenvalue weighted by atomic mass is 10.2. The van der Waals surface area contributed by atoms with E-state index in [1.807, 2.05) is 6.92 Å². The molecule has 18 heavy (non-hydrogen) atoms. The molecule has 3 aromatic rings. The van der Waals surface area contributed by atoms with Crippen molar-refractivity contribution in [1.82, 2.24) is 14.5 Å². The molecule has 0 aliphatic rings. The van der Waals surface area contributed by atoms with Gasteiger partial charge in [0, 0.05) is 11.1 Å². The van der Waals surface area contributed by atoms with Gasteiger partial charge in [-0.25, -0.2) is 9.97 Å². The Hall–Kier alpha value is -1.88. The van der Waals surface area contributed by atoms with Crippen LogP contribution in [-0.4, -0.2) is 14.5 Å². The summed E-state index contributed by atoms with van der Waals surface area (Å²) in [5.41, 5.74) is 10.4. The molecule has 3 heterocycles. The van der Waals surface area contributed by atoms with Crippen LogP contribution in [0.2, 0.25) is 0 Å². The smallest absolute Gasteiger partial charge is 0.150 e. The Kier molecular flexibility index (Phi) is 2.38. The molecule has 92 valence electrons. The molecule has 0 saturated carbocycles. The largest absolute Gasteiger partial charge is 0.383 e. The lowest BCUT2D eigenvalue weighted by Crippen LogP contribution is -2.00. The molecule has 0 amide bonds. The average Bonchev–Trinajstić information content (AvgIpc) is 2.88.